The molecule has 0 unspecified atom stereocenters. The van der Waals surface area contributed by atoms with Crippen LogP contribution >= 0.6 is 15.9 Å². The van der Waals surface area contributed by atoms with Gasteiger partial charge in [0.15, 0.2) is 11.5 Å². The Morgan fingerprint density at radius 3 is 2.21 bits per heavy atom. The van der Waals surface area contributed by atoms with Crippen LogP contribution in [-0.4, -0.2) is 36.3 Å². The number of halogens is 1. The standard InChI is InChI=1S/C21H23BrN2O4/c1-3-27-16-10-12(9-15(22)19(16)28-4-2)11-23-24-20(25)17-13-5-6-14(8-7-13)18(17)21(24)26/h5-6,9-11,13-14,17-18H,3-4,7-8H2,1-2H3/b23-11-/t13-,14-,17-,18-/m0/s1. The molecular formula is C21H23BrN2O4. The highest BCUT2D eigenvalue weighted by atomic mass is 79.9. The number of carbonyl (C=O) groups excluding carboxylic acids is 2. The molecule has 1 aromatic rings. The summed E-state index contributed by atoms with van der Waals surface area (Å²) in [6.07, 6.45) is 7.69. The molecule has 6 nitrogen and oxygen atoms in total. The molecule has 1 saturated carbocycles. The number of carbonyl (C=O) groups is 2. The fourth-order valence-corrected chi connectivity index (χ4v) is 5.08. The first-order chi connectivity index (χ1) is 13.5. The zero-order valence-corrected chi connectivity index (χ0v) is 17.5. The van der Waals surface area contributed by atoms with Gasteiger partial charge in [-0.2, -0.15) is 10.1 Å². The first-order valence-corrected chi connectivity index (χ1v) is 10.5. The number of hydrogen-bond acceptors (Lipinski definition) is 5. The van der Waals surface area contributed by atoms with Gasteiger partial charge in [0.1, 0.15) is 0 Å². The maximum Gasteiger partial charge on any atom is 0.254 e. The van der Waals surface area contributed by atoms with Crippen molar-refractivity contribution >= 4 is 34.0 Å². The molecule has 3 aliphatic carbocycles. The quantitative estimate of drug-likeness (QED) is 0.378. The first-order valence-electron chi connectivity index (χ1n) is 9.74. The SMILES string of the molecule is CCOc1cc(/C=N\N2C(=O)[C@@H]3[C@@H](C2=O)[C@H]2C=C[C@H]3CC2)cc(Br)c1OCC. The molecule has 0 spiro atoms. The average Bonchev–Trinajstić information content (AvgIpc) is 2.96. The van der Waals surface area contributed by atoms with E-state index in [4.69, 9.17) is 9.47 Å². The van der Waals surface area contributed by atoms with Crippen molar-refractivity contribution in [3.8, 4) is 11.5 Å². The molecule has 1 aliphatic heterocycles. The van der Waals surface area contributed by atoms with Crippen molar-refractivity contribution in [3.05, 3.63) is 34.3 Å². The third-order valence-corrected chi connectivity index (χ3v) is 6.27. The second-order valence-electron chi connectivity index (χ2n) is 7.27. The smallest absolute Gasteiger partial charge is 0.254 e. The molecule has 7 heteroatoms. The number of hydrazone groups is 1. The number of ether oxygens (including phenoxy) is 2. The van der Waals surface area contributed by atoms with Crippen LogP contribution in [0, 0.1) is 23.7 Å². The predicted octanol–water partition coefficient (Wildman–Crippen LogP) is 3.78. The normalized spacial score (nSPS) is 28.3. The molecule has 2 fully saturated rings. The lowest BCUT2D eigenvalue weighted by molar-refractivity contribution is -0.140. The van der Waals surface area contributed by atoms with Crippen molar-refractivity contribution in [2.75, 3.05) is 13.2 Å². The molecule has 1 heterocycles. The largest absolute Gasteiger partial charge is 0.490 e. The molecule has 0 aromatic heterocycles. The van der Waals surface area contributed by atoms with Gasteiger partial charge < -0.3 is 9.47 Å². The van der Waals surface area contributed by atoms with Crippen LogP contribution in [0.3, 0.4) is 0 Å². The summed E-state index contributed by atoms with van der Waals surface area (Å²) in [7, 11) is 0. The Kier molecular flexibility index (Phi) is 5.27. The van der Waals surface area contributed by atoms with Gasteiger partial charge in [-0.1, -0.05) is 12.2 Å². The zero-order chi connectivity index (χ0) is 19.8. The van der Waals surface area contributed by atoms with Crippen molar-refractivity contribution in [1.82, 2.24) is 5.01 Å². The van der Waals surface area contributed by atoms with Gasteiger partial charge in [0, 0.05) is 0 Å². The monoisotopic (exact) mass is 446 g/mol. The van der Waals surface area contributed by atoms with E-state index in [1.54, 1.807) is 6.07 Å². The third kappa shape index (κ3) is 3.15. The minimum absolute atomic E-state index is 0.163. The van der Waals surface area contributed by atoms with Crippen LogP contribution in [0.2, 0.25) is 0 Å². The maximum absolute atomic E-state index is 12.8. The highest BCUT2D eigenvalue weighted by Crippen LogP contribution is 2.49. The zero-order valence-electron chi connectivity index (χ0n) is 15.9. The van der Waals surface area contributed by atoms with Gasteiger partial charge in [0.05, 0.1) is 35.7 Å². The Labute approximate surface area is 172 Å². The fraction of sp³-hybridized carbons (Fsp3) is 0.476. The second kappa shape index (κ2) is 7.70. The van der Waals surface area contributed by atoms with Crippen LogP contribution in [-0.2, 0) is 9.59 Å². The lowest BCUT2D eigenvalue weighted by Crippen LogP contribution is -2.38. The summed E-state index contributed by atoms with van der Waals surface area (Å²) in [5.74, 6) is 0.685. The highest BCUT2D eigenvalue weighted by molar-refractivity contribution is 9.10. The predicted molar refractivity (Wildman–Crippen MR) is 108 cm³/mol. The van der Waals surface area contributed by atoms with Crippen molar-refractivity contribution in [2.24, 2.45) is 28.8 Å². The third-order valence-electron chi connectivity index (χ3n) is 5.68. The van der Waals surface area contributed by atoms with Crippen LogP contribution in [0.15, 0.2) is 33.9 Å². The minimum Gasteiger partial charge on any atom is -0.490 e. The Morgan fingerprint density at radius 1 is 1.07 bits per heavy atom. The summed E-state index contributed by atoms with van der Waals surface area (Å²) < 4.78 is 12.0. The first kappa shape index (κ1) is 19.2. The molecule has 2 amide bonds. The van der Waals surface area contributed by atoms with E-state index in [-0.39, 0.29) is 35.5 Å². The number of benzene rings is 1. The van der Waals surface area contributed by atoms with E-state index < -0.39 is 0 Å². The molecule has 5 rings (SSSR count). The minimum atomic E-state index is -0.251. The van der Waals surface area contributed by atoms with Gasteiger partial charge in [-0.25, -0.2) is 0 Å². The maximum atomic E-state index is 12.8. The number of hydrogen-bond donors (Lipinski definition) is 0. The summed E-state index contributed by atoms with van der Waals surface area (Å²) in [4.78, 5) is 25.7. The van der Waals surface area contributed by atoms with E-state index in [1.807, 2.05) is 19.9 Å². The average molecular weight is 447 g/mol. The molecule has 1 saturated heterocycles. The number of amides is 2. The Bertz CT molecular complexity index is 834. The lowest BCUT2D eigenvalue weighted by Gasteiger charge is -2.37. The Hall–Kier alpha value is -2.15. The number of fused-ring (bicyclic) bond motifs is 1. The van der Waals surface area contributed by atoms with Gasteiger partial charge in [0.25, 0.3) is 11.8 Å². The number of imide groups is 1. The summed E-state index contributed by atoms with van der Waals surface area (Å²) in [6.45, 7) is 4.82. The van der Waals surface area contributed by atoms with E-state index in [0.29, 0.717) is 24.7 Å². The number of rotatable bonds is 6. The molecule has 28 heavy (non-hydrogen) atoms. The summed E-state index contributed by atoms with van der Waals surface area (Å²) in [5.41, 5.74) is 0.718. The van der Waals surface area contributed by atoms with Crippen molar-refractivity contribution in [1.29, 1.82) is 0 Å². The van der Waals surface area contributed by atoms with Gasteiger partial charge in [-0.3, -0.25) is 9.59 Å². The van der Waals surface area contributed by atoms with Gasteiger partial charge in [-0.15, -0.1) is 0 Å². The molecule has 1 aromatic carbocycles. The van der Waals surface area contributed by atoms with Crippen molar-refractivity contribution < 1.29 is 19.1 Å². The number of nitrogens with zero attached hydrogens (tertiary/aromatic N) is 2. The summed E-state index contributed by atoms with van der Waals surface area (Å²) in [6, 6.07) is 3.63. The summed E-state index contributed by atoms with van der Waals surface area (Å²) >= 11 is 3.50. The molecule has 4 aliphatic rings. The van der Waals surface area contributed by atoms with E-state index in [0.717, 1.165) is 27.9 Å². The van der Waals surface area contributed by atoms with E-state index in [1.165, 1.54) is 6.21 Å². The van der Waals surface area contributed by atoms with E-state index in [9.17, 15) is 9.59 Å². The fourth-order valence-electron chi connectivity index (χ4n) is 4.51. The molecule has 148 valence electrons. The van der Waals surface area contributed by atoms with E-state index >= 15 is 0 Å². The molecule has 4 atom stereocenters. The van der Waals surface area contributed by atoms with Crippen LogP contribution in [0.25, 0.3) is 0 Å². The van der Waals surface area contributed by atoms with E-state index in [2.05, 4.69) is 33.2 Å². The van der Waals surface area contributed by atoms with Crippen LogP contribution in [0.5, 0.6) is 11.5 Å². The van der Waals surface area contributed by atoms with Gasteiger partial charge >= 0.3 is 0 Å². The van der Waals surface area contributed by atoms with Crippen molar-refractivity contribution in [2.45, 2.75) is 26.7 Å². The van der Waals surface area contributed by atoms with Crippen molar-refractivity contribution in [3.63, 3.8) is 0 Å². The highest BCUT2D eigenvalue weighted by Gasteiger charge is 2.56. The summed E-state index contributed by atoms with van der Waals surface area (Å²) in [5, 5.41) is 5.33. The molecule has 0 radical (unpaired) electrons. The topological polar surface area (TPSA) is 68.2 Å². The number of allylic oxidation sites excluding steroid dienone is 2. The van der Waals surface area contributed by atoms with Crippen LogP contribution in [0.4, 0.5) is 0 Å². The Morgan fingerprint density at radius 2 is 1.68 bits per heavy atom. The van der Waals surface area contributed by atoms with Gasteiger partial charge in [0.2, 0.25) is 0 Å². The van der Waals surface area contributed by atoms with Crippen LogP contribution < -0.4 is 9.47 Å². The molecule has 2 bridgehead atoms. The second-order valence-corrected chi connectivity index (χ2v) is 8.12. The lowest BCUT2D eigenvalue weighted by atomic mass is 9.63. The molecular weight excluding hydrogens is 424 g/mol. The molecule has 0 N–H and O–H groups in total. The van der Waals surface area contributed by atoms with Crippen LogP contribution in [0.1, 0.15) is 32.3 Å². The van der Waals surface area contributed by atoms with Gasteiger partial charge in [-0.05, 0) is 72.2 Å². The Balaban J connectivity index is 1.59.